The second-order valence-corrected chi connectivity index (χ2v) is 1.79. The van der Waals surface area contributed by atoms with Crippen LogP contribution in [0.3, 0.4) is 0 Å². The van der Waals surface area contributed by atoms with Gasteiger partial charge in [-0.05, 0) is 6.42 Å². The second-order valence-electron chi connectivity index (χ2n) is 1.79. The van der Waals surface area contributed by atoms with Crippen molar-refractivity contribution in [1.82, 2.24) is 20.6 Å². The van der Waals surface area contributed by atoms with Crippen molar-refractivity contribution in [3.63, 3.8) is 0 Å². The summed E-state index contributed by atoms with van der Waals surface area (Å²) in [6, 6.07) is 0. The van der Waals surface area contributed by atoms with Gasteiger partial charge in [0.1, 0.15) is 0 Å². The lowest BCUT2D eigenvalue weighted by Crippen LogP contribution is -1.86. The molecule has 9 heavy (non-hydrogen) atoms. The summed E-state index contributed by atoms with van der Waals surface area (Å²) in [5.41, 5.74) is 0. The molecule has 0 saturated carbocycles. The highest BCUT2D eigenvalue weighted by molar-refractivity contribution is 4.75. The number of unbranched alkanes of at least 4 members (excludes halogenated alkanes) is 1. The maximum Gasteiger partial charge on any atom is 0.174 e. The molecule has 0 aromatic carbocycles. The third-order valence-corrected chi connectivity index (χ3v) is 1.04. The van der Waals surface area contributed by atoms with Gasteiger partial charge in [0, 0.05) is 6.42 Å². The molecule has 0 bridgehead atoms. The Morgan fingerprint density at radius 3 is 3.00 bits per heavy atom. The van der Waals surface area contributed by atoms with Crippen LogP contribution < -0.4 is 0 Å². The molecule has 0 spiro atoms. The quantitative estimate of drug-likeness (QED) is 0.634. The number of H-pyrrole nitrogens is 1. The Morgan fingerprint density at radius 2 is 2.44 bits per heavy atom. The minimum absolute atomic E-state index is 0.777. The number of hydrogen-bond donors (Lipinski definition) is 1. The summed E-state index contributed by atoms with van der Waals surface area (Å²) < 4.78 is 0. The van der Waals surface area contributed by atoms with Gasteiger partial charge < -0.3 is 0 Å². The Balaban J connectivity index is 2.30. The average molecular weight is 125 g/mol. The molecule has 49 valence electrons. The molecule has 0 fully saturated rings. The third-order valence-electron chi connectivity index (χ3n) is 1.04. The minimum atomic E-state index is 0.777. The van der Waals surface area contributed by atoms with Crippen LogP contribution in [0, 0.1) is 6.92 Å². The molecule has 0 aliphatic carbocycles. The topological polar surface area (TPSA) is 54.5 Å². The third kappa shape index (κ3) is 1.79. The van der Waals surface area contributed by atoms with E-state index in [1.54, 1.807) is 0 Å². The lowest BCUT2D eigenvalue weighted by Gasteiger charge is -1.86. The van der Waals surface area contributed by atoms with Crippen molar-refractivity contribution in [3.8, 4) is 0 Å². The fourth-order valence-electron chi connectivity index (χ4n) is 0.572. The van der Waals surface area contributed by atoms with E-state index in [1.807, 2.05) is 0 Å². The van der Waals surface area contributed by atoms with Crippen LogP contribution >= 0.6 is 0 Å². The predicted molar refractivity (Wildman–Crippen MR) is 32.5 cm³/mol. The molecule has 1 aromatic rings. The Labute approximate surface area is 53.7 Å². The highest BCUT2D eigenvalue weighted by Crippen LogP contribution is 1.93. The summed E-state index contributed by atoms with van der Waals surface area (Å²) in [6.45, 7) is 3.70. The molecule has 0 atom stereocenters. The highest BCUT2D eigenvalue weighted by atomic mass is 15.5. The number of aromatic nitrogens is 4. The van der Waals surface area contributed by atoms with Crippen LogP contribution in [0.5, 0.6) is 0 Å². The van der Waals surface area contributed by atoms with Gasteiger partial charge in [-0.3, -0.25) is 0 Å². The average Bonchev–Trinajstić information content (AvgIpc) is 2.34. The number of aryl methyl sites for hydroxylation is 1. The minimum Gasteiger partial charge on any atom is -0.177 e. The maximum absolute atomic E-state index is 3.78. The first-order chi connectivity index (χ1) is 4.43. The fourth-order valence-corrected chi connectivity index (χ4v) is 0.572. The molecule has 4 heteroatoms. The van der Waals surface area contributed by atoms with Crippen LogP contribution in [0.4, 0.5) is 0 Å². The maximum atomic E-state index is 3.78. The summed E-state index contributed by atoms with van der Waals surface area (Å²) in [5, 5.41) is 13.4. The summed E-state index contributed by atoms with van der Waals surface area (Å²) in [5.74, 6) is 0.777. The van der Waals surface area contributed by atoms with Gasteiger partial charge in [0.05, 0.1) is 0 Å². The standard InChI is InChI=1S/C5H9N4/c1-2-3-4-5-6-8-9-7-5/h1-4H2,(H,6,7,8,9). The van der Waals surface area contributed by atoms with E-state index in [-0.39, 0.29) is 0 Å². The fraction of sp³-hybridized carbons (Fsp3) is 0.600. The molecule has 1 aromatic heterocycles. The van der Waals surface area contributed by atoms with Crippen molar-refractivity contribution in [2.75, 3.05) is 0 Å². The Bertz CT molecular complexity index is 146. The van der Waals surface area contributed by atoms with E-state index in [1.165, 1.54) is 0 Å². The van der Waals surface area contributed by atoms with E-state index in [0.717, 1.165) is 25.1 Å². The Hall–Kier alpha value is -0.930. The van der Waals surface area contributed by atoms with E-state index < -0.39 is 0 Å². The normalized spacial score (nSPS) is 9.89. The molecular formula is C5H9N4. The molecule has 1 rings (SSSR count). The van der Waals surface area contributed by atoms with Crippen LogP contribution in [0.25, 0.3) is 0 Å². The molecule has 0 unspecified atom stereocenters. The van der Waals surface area contributed by atoms with Crippen molar-refractivity contribution in [2.24, 2.45) is 0 Å². The molecule has 1 N–H and O–H groups in total. The zero-order valence-corrected chi connectivity index (χ0v) is 5.17. The van der Waals surface area contributed by atoms with Crippen molar-refractivity contribution >= 4 is 0 Å². The number of hydrogen-bond acceptors (Lipinski definition) is 3. The SMILES string of the molecule is [CH2]CCCc1nn[nH]n1. The number of rotatable bonds is 3. The second kappa shape index (κ2) is 3.17. The molecule has 0 aliphatic heterocycles. The monoisotopic (exact) mass is 125 g/mol. The molecular weight excluding hydrogens is 116 g/mol. The van der Waals surface area contributed by atoms with E-state index >= 15 is 0 Å². The van der Waals surface area contributed by atoms with Crippen molar-refractivity contribution in [3.05, 3.63) is 12.7 Å². The van der Waals surface area contributed by atoms with Crippen LogP contribution in [-0.4, -0.2) is 20.6 Å². The van der Waals surface area contributed by atoms with E-state index in [0.29, 0.717) is 0 Å². The summed E-state index contributed by atoms with van der Waals surface area (Å²) in [4.78, 5) is 0. The molecule has 1 heterocycles. The van der Waals surface area contributed by atoms with Crippen molar-refractivity contribution in [1.29, 1.82) is 0 Å². The number of nitrogens with zero attached hydrogens (tertiary/aromatic N) is 3. The summed E-state index contributed by atoms with van der Waals surface area (Å²) in [7, 11) is 0. The van der Waals surface area contributed by atoms with Gasteiger partial charge in [-0.15, -0.1) is 10.2 Å². The van der Waals surface area contributed by atoms with Gasteiger partial charge in [-0.1, -0.05) is 18.6 Å². The van der Waals surface area contributed by atoms with Gasteiger partial charge in [0.25, 0.3) is 0 Å². The van der Waals surface area contributed by atoms with Gasteiger partial charge >= 0.3 is 0 Å². The van der Waals surface area contributed by atoms with Gasteiger partial charge in [-0.25, -0.2) is 0 Å². The van der Waals surface area contributed by atoms with Gasteiger partial charge in [-0.2, -0.15) is 5.21 Å². The van der Waals surface area contributed by atoms with Gasteiger partial charge in [0.2, 0.25) is 0 Å². The zero-order valence-electron chi connectivity index (χ0n) is 5.17. The smallest absolute Gasteiger partial charge is 0.174 e. The predicted octanol–water partition coefficient (Wildman–Crippen LogP) is 0.356. The van der Waals surface area contributed by atoms with E-state index in [9.17, 15) is 0 Å². The first-order valence-corrected chi connectivity index (χ1v) is 2.95. The molecule has 0 saturated heterocycles. The van der Waals surface area contributed by atoms with Crippen LogP contribution in [0.1, 0.15) is 18.7 Å². The Kier molecular flexibility index (Phi) is 2.18. The molecule has 4 nitrogen and oxygen atoms in total. The van der Waals surface area contributed by atoms with Crippen molar-refractivity contribution in [2.45, 2.75) is 19.3 Å². The number of nitrogens with one attached hydrogen (secondary N) is 1. The molecule has 0 aliphatic rings. The zero-order chi connectivity index (χ0) is 6.53. The van der Waals surface area contributed by atoms with Crippen LogP contribution in [0.2, 0.25) is 0 Å². The van der Waals surface area contributed by atoms with E-state index in [2.05, 4.69) is 27.5 Å². The number of tetrazole rings is 1. The Morgan fingerprint density at radius 1 is 1.56 bits per heavy atom. The first kappa shape index (κ1) is 6.19. The summed E-state index contributed by atoms with van der Waals surface area (Å²) >= 11 is 0. The lowest BCUT2D eigenvalue weighted by atomic mass is 10.2. The van der Waals surface area contributed by atoms with Crippen LogP contribution in [-0.2, 0) is 6.42 Å². The number of aromatic amines is 1. The molecule has 1 radical (unpaired) electrons. The lowest BCUT2D eigenvalue weighted by molar-refractivity contribution is 0.787. The summed E-state index contributed by atoms with van der Waals surface area (Å²) in [6.07, 6.45) is 2.83. The highest BCUT2D eigenvalue weighted by Gasteiger charge is 1.93. The molecule has 0 amide bonds. The van der Waals surface area contributed by atoms with Crippen LogP contribution in [0.15, 0.2) is 0 Å². The largest absolute Gasteiger partial charge is 0.177 e. The first-order valence-electron chi connectivity index (χ1n) is 2.95. The van der Waals surface area contributed by atoms with Crippen molar-refractivity contribution < 1.29 is 0 Å². The van der Waals surface area contributed by atoms with Gasteiger partial charge in [0.15, 0.2) is 5.82 Å². The van der Waals surface area contributed by atoms with E-state index in [4.69, 9.17) is 0 Å².